The second kappa shape index (κ2) is 16.2. The zero-order chi connectivity index (χ0) is 35.8. The third kappa shape index (κ3) is 6.41. The predicted molar refractivity (Wildman–Crippen MR) is 242 cm³/mol. The van der Waals surface area contributed by atoms with E-state index < -0.39 is 10.6 Å². The van der Waals surface area contributed by atoms with Crippen LogP contribution in [0.15, 0.2) is 182 Å². The minimum atomic E-state index is -2.73. The fourth-order valence-corrected chi connectivity index (χ4v) is 27.8. The second-order valence-electron chi connectivity index (χ2n) is 14.7. The van der Waals surface area contributed by atoms with Gasteiger partial charge in [0.25, 0.3) is 0 Å². The summed E-state index contributed by atoms with van der Waals surface area (Å²) in [6.45, 7) is 0. The van der Waals surface area contributed by atoms with Crippen LogP contribution in [-0.2, 0) is 0 Å². The summed E-state index contributed by atoms with van der Waals surface area (Å²) in [5.41, 5.74) is 1.28. The maximum atomic E-state index is 4.61. The third-order valence-corrected chi connectivity index (χ3v) is 34.6. The van der Waals surface area contributed by atoms with Gasteiger partial charge < -0.3 is 0 Å². The van der Waals surface area contributed by atoms with Crippen LogP contribution in [-0.4, -0.2) is 11.3 Å². The molecule has 0 nitrogen and oxygen atoms in total. The molecule has 268 valence electrons. The third-order valence-electron chi connectivity index (χ3n) is 12.1. The van der Waals surface area contributed by atoms with E-state index in [4.69, 9.17) is 0 Å². The van der Waals surface area contributed by atoms with Crippen molar-refractivity contribution in [3.63, 3.8) is 0 Å². The van der Waals surface area contributed by atoms with Crippen LogP contribution in [0.4, 0.5) is 0 Å². The van der Waals surface area contributed by atoms with Gasteiger partial charge in [-0.15, -0.1) is 0 Å². The van der Waals surface area contributed by atoms with Gasteiger partial charge in [0.2, 0.25) is 0 Å². The first-order chi connectivity index (χ1) is 25.5. The van der Waals surface area contributed by atoms with Crippen LogP contribution in [0.5, 0.6) is 0 Å². The summed E-state index contributed by atoms with van der Waals surface area (Å²) in [6, 6.07) is 67.4. The molecule has 4 heteroatoms. The van der Waals surface area contributed by atoms with Gasteiger partial charge in [0.05, 0.1) is 0 Å². The molecule has 6 aromatic carbocycles. The first-order valence-electron chi connectivity index (χ1n) is 19.3. The van der Waals surface area contributed by atoms with E-state index >= 15 is 0 Å². The molecule has 0 bridgehead atoms. The standard InChI is InChI=1S/2C24H26BrP/c2*25-26(21-13-5-1-6-14-21,22-15-7-2-8-16-22,23-17-9-3-10-18-23)24-19-11-4-12-20-24/h2*1-3,5-10,13-18,24H,4,11-12,19-20H2. The Labute approximate surface area is 328 Å². The average molecular weight is 851 g/mol. The molecule has 0 heterocycles. The topological polar surface area (TPSA) is 0 Å². The Morgan fingerprint density at radius 2 is 0.442 bits per heavy atom. The SMILES string of the molecule is BrP(c1ccccc1)(c1ccccc1)(c1ccccc1)C1CCCCC1.BrP(c1ccccc1)(c1ccccc1)(c1ccccc1)C1CCCCC1. The van der Waals surface area contributed by atoms with Gasteiger partial charge in [-0.1, -0.05) is 0 Å². The van der Waals surface area contributed by atoms with Crippen LogP contribution in [0.1, 0.15) is 64.2 Å². The van der Waals surface area contributed by atoms with Gasteiger partial charge in [0, 0.05) is 0 Å². The summed E-state index contributed by atoms with van der Waals surface area (Å²) in [4.78, 5) is 0. The van der Waals surface area contributed by atoms with Gasteiger partial charge in [-0.2, -0.15) is 0 Å². The Morgan fingerprint density at radius 3 is 0.615 bits per heavy atom. The Kier molecular flexibility index (Phi) is 11.7. The summed E-state index contributed by atoms with van der Waals surface area (Å²) in [5, 5.41) is 3.31. The van der Waals surface area contributed by atoms with E-state index in [1.165, 1.54) is 96.0 Å². The first-order valence-corrected chi connectivity index (χ1v) is 27.9. The van der Waals surface area contributed by atoms with E-state index in [9.17, 15) is 0 Å². The van der Waals surface area contributed by atoms with Crippen LogP contribution >= 0.6 is 41.6 Å². The van der Waals surface area contributed by atoms with Crippen molar-refractivity contribution in [3.8, 4) is 0 Å². The van der Waals surface area contributed by atoms with Crippen molar-refractivity contribution < 1.29 is 0 Å². The van der Waals surface area contributed by atoms with Gasteiger partial charge in [-0.05, 0) is 0 Å². The second-order valence-corrected chi connectivity index (χ2v) is 32.4. The molecular formula is C48H52Br2P2. The first kappa shape index (κ1) is 37.5. The molecule has 2 aliphatic carbocycles. The molecule has 8 rings (SSSR count). The fourth-order valence-electron chi connectivity index (χ4n) is 9.61. The van der Waals surface area contributed by atoms with Crippen molar-refractivity contribution in [3.05, 3.63) is 182 Å². The molecule has 2 saturated carbocycles. The Balaban J connectivity index is 0.000000162. The summed E-state index contributed by atoms with van der Waals surface area (Å²) in [5.74, 6) is 0. The molecule has 52 heavy (non-hydrogen) atoms. The van der Waals surface area contributed by atoms with Crippen molar-refractivity contribution in [2.75, 3.05) is 0 Å². The molecule has 2 fully saturated rings. The molecule has 2 aliphatic rings. The number of rotatable bonds is 8. The van der Waals surface area contributed by atoms with Crippen LogP contribution in [0.2, 0.25) is 0 Å². The van der Waals surface area contributed by atoms with Gasteiger partial charge in [0.1, 0.15) is 0 Å². The van der Waals surface area contributed by atoms with Crippen LogP contribution in [0.25, 0.3) is 0 Å². The Morgan fingerprint density at radius 1 is 0.269 bits per heavy atom. The number of halogens is 2. The molecule has 0 aromatic heterocycles. The summed E-state index contributed by atoms with van der Waals surface area (Å²) < 4.78 is 0. The number of hydrogen-bond donors (Lipinski definition) is 0. The fraction of sp³-hybridized carbons (Fsp3) is 0.250. The normalized spacial score (nSPS) is 17.3. The van der Waals surface area contributed by atoms with Gasteiger partial charge in [-0.25, -0.2) is 0 Å². The molecule has 0 radical (unpaired) electrons. The van der Waals surface area contributed by atoms with E-state index in [2.05, 4.69) is 213 Å². The molecule has 6 aromatic rings. The van der Waals surface area contributed by atoms with Crippen molar-refractivity contribution in [1.29, 1.82) is 0 Å². The molecule has 0 spiro atoms. The molecular weight excluding hydrogens is 798 g/mol. The molecule has 0 atom stereocenters. The number of hydrogen-bond acceptors (Lipinski definition) is 0. The maximum absolute atomic E-state index is 4.61. The predicted octanol–water partition coefficient (Wildman–Crippen LogP) is 12.3. The Bertz CT molecular complexity index is 1630. The summed E-state index contributed by atoms with van der Waals surface area (Å²) in [6.07, 6.45) is 13.2. The Hall–Kier alpha value is -2.86. The quantitative estimate of drug-likeness (QED) is 0.134. The van der Waals surface area contributed by atoms with Crippen LogP contribution in [0.3, 0.4) is 0 Å². The average Bonchev–Trinajstić information content (AvgIpc) is 3.26. The molecule has 0 amide bonds. The van der Waals surface area contributed by atoms with E-state index in [1.54, 1.807) is 0 Å². The van der Waals surface area contributed by atoms with Crippen molar-refractivity contribution in [2.24, 2.45) is 0 Å². The summed E-state index contributed by atoms with van der Waals surface area (Å²) in [7, 11) is 0. The van der Waals surface area contributed by atoms with Crippen molar-refractivity contribution >= 4 is 73.4 Å². The van der Waals surface area contributed by atoms with E-state index in [0.29, 0.717) is 11.3 Å². The zero-order valence-electron chi connectivity index (χ0n) is 30.2. The molecule has 0 unspecified atom stereocenters. The van der Waals surface area contributed by atoms with Crippen LogP contribution in [0, 0.1) is 0 Å². The van der Waals surface area contributed by atoms with Gasteiger partial charge in [-0.3, -0.25) is 0 Å². The molecule has 0 saturated heterocycles. The monoisotopic (exact) mass is 848 g/mol. The van der Waals surface area contributed by atoms with Gasteiger partial charge >= 0.3 is 331 Å². The molecule has 0 aliphatic heterocycles. The summed E-state index contributed by atoms with van der Waals surface area (Å²) >= 11 is 9.22. The number of benzene rings is 6. The van der Waals surface area contributed by atoms with E-state index in [-0.39, 0.29) is 0 Å². The van der Waals surface area contributed by atoms with Crippen LogP contribution < -0.4 is 31.8 Å². The van der Waals surface area contributed by atoms with Gasteiger partial charge in [0.15, 0.2) is 0 Å². The van der Waals surface area contributed by atoms with E-state index in [1.807, 2.05) is 0 Å². The minimum absolute atomic E-state index is 0.641. The zero-order valence-corrected chi connectivity index (χ0v) is 35.2. The van der Waals surface area contributed by atoms with E-state index in [0.717, 1.165) is 0 Å². The molecule has 0 N–H and O–H groups in total. The van der Waals surface area contributed by atoms with Crippen molar-refractivity contribution in [2.45, 2.75) is 75.5 Å². The van der Waals surface area contributed by atoms with Crippen molar-refractivity contribution in [1.82, 2.24) is 0 Å².